The number of carboxylic acids is 1. The van der Waals surface area contributed by atoms with E-state index in [0.717, 1.165) is 15.7 Å². The Morgan fingerprint density at radius 3 is 2.48 bits per heavy atom. The van der Waals surface area contributed by atoms with Crippen LogP contribution in [0.3, 0.4) is 0 Å². The van der Waals surface area contributed by atoms with Gasteiger partial charge in [-0.1, -0.05) is 28.1 Å². The van der Waals surface area contributed by atoms with Gasteiger partial charge < -0.3 is 10.4 Å². The van der Waals surface area contributed by atoms with Crippen LogP contribution in [0.5, 0.6) is 0 Å². The van der Waals surface area contributed by atoms with Gasteiger partial charge in [-0.2, -0.15) is 10.2 Å². The van der Waals surface area contributed by atoms with Gasteiger partial charge in [0, 0.05) is 17.7 Å². The third-order valence-electron chi connectivity index (χ3n) is 4.14. The SMILES string of the molecule is Cc1nn(Cc2ccc(Br)cc2)c(C)c1NC(=O)c1nn(C)cc1C(=O)O. The molecule has 2 aromatic heterocycles. The van der Waals surface area contributed by atoms with E-state index in [4.69, 9.17) is 0 Å². The van der Waals surface area contributed by atoms with Crippen LogP contribution in [0, 0.1) is 13.8 Å². The Hall–Kier alpha value is -2.94. The van der Waals surface area contributed by atoms with E-state index in [1.807, 2.05) is 31.2 Å². The van der Waals surface area contributed by atoms with E-state index in [9.17, 15) is 14.7 Å². The van der Waals surface area contributed by atoms with Crippen molar-refractivity contribution in [1.29, 1.82) is 0 Å². The summed E-state index contributed by atoms with van der Waals surface area (Å²) in [6.45, 7) is 4.20. The number of hydrogen-bond donors (Lipinski definition) is 2. The second-order valence-corrected chi connectivity index (χ2v) is 7.07. The fourth-order valence-corrected chi connectivity index (χ4v) is 3.04. The van der Waals surface area contributed by atoms with Gasteiger partial charge in [0.05, 0.1) is 23.6 Å². The molecule has 0 atom stereocenters. The van der Waals surface area contributed by atoms with Gasteiger partial charge >= 0.3 is 5.97 Å². The number of carboxylic acid groups (broad SMARTS) is 1. The summed E-state index contributed by atoms with van der Waals surface area (Å²) in [7, 11) is 1.57. The minimum Gasteiger partial charge on any atom is -0.478 e. The van der Waals surface area contributed by atoms with Gasteiger partial charge in [0.15, 0.2) is 5.69 Å². The van der Waals surface area contributed by atoms with Crippen molar-refractivity contribution in [1.82, 2.24) is 19.6 Å². The molecule has 0 aliphatic heterocycles. The van der Waals surface area contributed by atoms with Crippen LogP contribution in [0.2, 0.25) is 0 Å². The molecule has 3 rings (SSSR count). The average molecular weight is 432 g/mol. The summed E-state index contributed by atoms with van der Waals surface area (Å²) >= 11 is 3.41. The van der Waals surface area contributed by atoms with Gasteiger partial charge in [-0.25, -0.2) is 4.79 Å². The highest BCUT2D eigenvalue weighted by Crippen LogP contribution is 2.22. The topological polar surface area (TPSA) is 102 Å². The van der Waals surface area contributed by atoms with Crippen molar-refractivity contribution in [2.24, 2.45) is 7.05 Å². The van der Waals surface area contributed by atoms with Crippen LogP contribution in [0.15, 0.2) is 34.9 Å². The van der Waals surface area contributed by atoms with Crippen LogP contribution >= 0.6 is 15.9 Å². The highest BCUT2D eigenvalue weighted by atomic mass is 79.9. The number of rotatable bonds is 5. The molecule has 27 heavy (non-hydrogen) atoms. The molecular formula is C18H18BrN5O3. The molecule has 3 aromatic rings. The first-order valence-electron chi connectivity index (χ1n) is 8.13. The maximum absolute atomic E-state index is 12.6. The smallest absolute Gasteiger partial charge is 0.339 e. The molecule has 0 bridgehead atoms. The predicted molar refractivity (Wildman–Crippen MR) is 103 cm³/mol. The Bertz CT molecular complexity index is 1020. The summed E-state index contributed by atoms with van der Waals surface area (Å²) in [5, 5.41) is 20.4. The number of aromatic carboxylic acids is 1. The summed E-state index contributed by atoms with van der Waals surface area (Å²) in [6.07, 6.45) is 1.30. The van der Waals surface area contributed by atoms with Crippen LogP contribution in [0.25, 0.3) is 0 Å². The summed E-state index contributed by atoms with van der Waals surface area (Å²) < 4.78 is 4.09. The van der Waals surface area contributed by atoms with Crippen LogP contribution < -0.4 is 5.32 Å². The number of nitrogens with zero attached hydrogens (tertiary/aromatic N) is 4. The number of carbonyl (C=O) groups excluding carboxylic acids is 1. The average Bonchev–Trinajstić information content (AvgIpc) is 3.12. The molecule has 1 aromatic carbocycles. The lowest BCUT2D eigenvalue weighted by Gasteiger charge is -2.07. The number of hydrogen-bond acceptors (Lipinski definition) is 4. The number of amides is 1. The predicted octanol–water partition coefficient (Wildman–Crippen LogP) is 2.99. The number of nitrogens with one attached hydrogen (secondary N) is 1. The first-order valence-corrected chi connectivity index (χ1v) is 8.92. The van der Waals surface area contributed by atoms with E-state index >= 15 is 0 Å². The van der Waals surface area contributed by atoms with E-state index in [1.54, 1.807) is 18.7 Å². The molecule has 2 N–H and O–H groups in total. The van der Waals surface area contributed by atoms with Crippen molar-refractivity contribution in [2.45, 2.75) is 20.4 Å². The lowest BCUT2D eigenvalue weighted by molar-refractivity contribution is 0.0692. The van der Waals surface area contributed by atoms with Gasteiger partial charge in [0.2, 0.25) is 0 Å². The lowest BCUT2D eigenvalue weighted by atomic mass is 10.2. The molecule has 0 spiro atoms. The Balaban J connectivity index is 1.85. The first-order chi connectivity index (χ1) is 12.8. The van der Waals surface area contributed by atoms with Gasteiger partial charge in [-0.05, 0) is 31.5 Å². The highest BCUT2D eigenvalue weighted by molar-refractivity contribution is 9.10. The zero-order valence-electron chi connectivity index (χ0n) is 15.0. The summed E-state index contributed by atoms with van der Waals surface area (Å²) in [5.74, 6) is -1.78. The third kappa shape index (κ3) is 3.92. The van der Waals surface area contributed by atoms with Crippen molar-refractivity contribution >= 4 is 33.5 Å². The van der Waals surface area contributed by atoms with E-state index in [-0.39, 0.29) is 11.3 Å². The van der Waals surface area contributed by atoms with Gasteiger partial charge in [-0.3, -0.25) is 14.2 Å². The Morgan fingerprint density at radius 2 is 1.85 bits per heavy atom. The minimum absolute atomic E-state index is 0.135. The Labute approximate surface area is 163 Å². The standard InChI is InChI=1S/C18H18BrN5O3/c1-10-15(20-17(25)16-14(18(26)27)9-23(3)22-16)11(2)24(21-10)8-12-4-6-13(19)7-5-12/h4-7,9H,8H2,1-3H3,(H,20,25)(H,26,27). The zero-order valence-corrected chi connectivity index (χ0v) is 16.6. The van der Waals surface area contributed by atoms with E-state index in [1.165, 1.54) is 10.9 Å². The summed E-state index contributed by atoms with van der Waals surface area (Å²) in [6, 6.07) is 7.90. The first kappa shape index (κ1) is 18.8. The maximum Gasteiger partial charge on any atom is 0.339 e. The molecule has 0 saturated heterocycles. The molecule has 8 nitrogen and oxygen atoms in total. The molecule has 0 unspecified atom stereocenters. The molecule has 0 saturated carbocycles. The maximum atomic E-state index is 12.6. The molecule has 1 amide bonds. The summed E-state index contributed by atoms with van der Waals surface area (Å²) in [5.41, 5.74) is 2.76. The van der Waals surface area contributed by atoms with E-state index in [2.05, 4.69) is 31.4 Å². The molecule has 140 valence electrons. The van der Waals surface area contributed by atoms with Crippen LogP contribution in [-0.2, 0) is 13.6 Å². The van der Waals surface area contributed by atoms with E-state index < -0.39 is 11.9 Å². The van der Waals surface area contributed by atoms with Gasteiger partial charge in [0.1, 0.15) is 5.56 Å². The van der Waals surface area contributed by atoms with Crippen molar-refractivity contribution in [2.75, 3.05) is 5.32 Å². The monoisotopic (exact) mass is 431 g/mol. The van der Waals surface area contributed by atoms with E-state index in [0.29, 0.717) is 17.9 Å². The Morgan fingerprint density at radius 1 is 1.19 bits per heavy atom. The van der Waals surface area contributed by atoms with Crippen LogP contribution in [-0.4, -0.2) is 36.5 Å². The number of halogens is 1. The van der Waals surface area contributed by atoms with Crippen molar-refractivity contribution in [3.8, 4) is 0 Å². The Kier molecular flexibility index (Phi) is 5.13. The van der Waals surface area contributed by atoms with Crippen molar-refractivity contribution in [3.63, 3.8) is 0 Å². The van der Waals surface area contributed by atoms with Crippen molar-refractivity contribution < 1.29 is 14.7 Å². The van der Waals surface area contributed by atoms with Crippen LogP contribution in [0.1, 0.15) is 37.8 Å². The molecule has 0 aliphatic rings. The molecular weight excluding hydrogens is 414 g/mol. The number of aromatic nitrogens is 4. The fraction of sp³-hybridized carbons (Fsp3) is 0.222. The number of aryl methyl sites for hydroxylation is 2. The zero-order chi connectivity index (χ0) is 19.7. The van der Waals surface area contributed by atoms with Gasteiger partial charge in [0.25, 0.3) is 5.91 Å². The van der Waals surface area contributed by atoms with Gasteiger partial charge in [-0.15, -0.1) is 0 Å². The molecule has 0 aliphatic carbocycles. The van der Waals surface area contributed by atoms with Crippen molar-refractivity contribution in [3.05, 3.63) is 63.1 Å². The second kappa shape index (κ2) is 7.36. The molecule has 2 heterocycles. The third-order valence-corrected chi connectivity index (χ3v) is 4.67. The summed E-state index contributed by atoms with van der Waals surface area (Å²) in [4.78, 5) is 23.9. The quantitative estimate of drug-likeness (QED) is 0.646. The van der Waals surface area contributed by atoms with Crippen LogP contribution in [0.4, 0.5) is 5.69 Å². The molecule has 0 fully saturated rings. The lowest BCUT2D eigenvalue weighted by Crippen LogP contribution is -2.17. The second-order valence-electron chi connectivity index (χ2n) is 6.15. The fourth-order valence-electron chi connectivity index (χ4n) is 2.78. The number of benzene rings is 1. The molecule has 9 heteroatoms. The molecule has 0 radical (unpaired) electrons. The largest absolute Gasteiger partial charge is 0.478 e. The number of carbonyl (C=O) groups is 2. The minimum atomic E-state index is -1.20. The number of anilines is 1. The highest BCUT2D eigenvalue weighted by Gasteiger charge is 2.23. The normalized spacial score (nSPS) is 10.8.